The highest BCUT2D eigenvalue weighted by atomic mass is 16.4. The Bertz CT molecular complexity index is 538. The van der Waals surface area contributed by atoms with Gasteiger partial charge in [-0.2, -0.15) is 0 Å². The molecule has 100 valence electrons. The Hall–Kier alpha value is -2.37. The Labute approximate surface area is 110 Å². The van der Waals surface area contributed by atoms with Crippen molar-refractivity contribution >= 4 is 23.6 Å². The van der Waals surface area contributed by atoms with Gasteiger partial charge in [-0.15, -0.1) is 0 Å². The van der Waals surface area contributed by atoms with E-state index in [1.165, 1.54) is 4.90 Å². The monoisotopic (exact) mass is 262 g/mol. The molecule has 0 aromatic heterocycles. The lowest BCUT2D eigenvalue weighted by molar-refractivity contribution is -0.141. The van der Waals surface area contributed by atoms with Crippen LogP contribution in [0.25, 0.3) is 0 Å². The molecule has 1 fully saturated rings. The van der Waals surface area contributed by atoms with Crippen molar-refractivity contribution in [3.8, 4) is 0 Å². The smallest absolute Gasteiger partial charge is 0.332 e. The number of carbonyl (C=O) groups excluding carboxylic acids is 2. The van der Waals surface area contributed by atoms with Crippen LogP contribution in [-0.4, -0.2) is 40.5 Å². The van der Waals surface area contributed by atoms with Crippen molar-refractivity contribution in [1.29, 1.82) is 0 Å². The van der Waals surface area contributed by atoms with Crippen molar-refractivity contribution in [2.24, 2.45) is 0 Å². The van der Waals surface area contributed by atoms with Gasteiger partial charge >= 0.3 is 12.0 Å². The molecule has 2 rings (SSSR count). The molecule has 19 heavy (non-hydrogen) atoms. The molecule has 0 radical (unpaired) electrons. The fourth-order valence-electron chi connectivity index (χ4n) is 2.05. The van der Waals surface area contributed by atoms with E-state index in [0.717, 1.165) is 10.5 Å². The maximum Gasteiger partial charge on any atom is 0.332 e. The zero-order chi connectivity index (χ0) is 14.2. The first kappa shape index (κ1) is 13.1. The van der Waals surface area contributed by atoms with Gasteiger partial charge in [0.25, 0.3) is 5.91 Å². The number of carboxylic acid groups (broad SMARTS) is 1. The summed E-state index contributed by atoms with van der Waals surface area (Å²) in [7, 11) is 0. The van der Waals surface area contributed by atoms with Crippen LogP contribution >= 0.6 is 0 Å². The minimum atomic E-state index is -1.21. The van der Waals surface area contributed by atoms with Gasteiger partial charge in [-0.1, -0.05) is 17.7 Å². The summed E-state index contributed by atoms with van der Waals surface area (Å²) in [4.78, 5) is 36.8. The molecule has 3 amide bonds. The molecule has 6 heteroatoms. The molecule has 0 bridgehead atoms. The molecule has 1 N–H and O–H groups in total. The fraction of sp³-hybridized carbons (Fsp3) is 0.308. The number of rotatable bonds is 3. The first-order valence-electron chi connectivity index (χ1n) is 5.85. The highest BCUT2D eigenvalue weighted by Gasteiger charge is 2.43. The van der Waals surface area contributed by atoms with Crippen LogP contribution in [-0.2, 0) is 9.59 Å². The van der Waals surface area contributed by atoms with Crippen molar-refractivity contribution in [2.45, 2.75) is 19.9 Å². The third kappa shape index (κ3) is 2.29. The van der Waals surface area contributed by atoms with E-state index in [1.807, 2.05) is 19.1 Å². The lowest BCUT2D eigenvalue weighted by atomic mass is 10.2. The van der Waals surface area contributed by atoms with E-state index < -0.39 is 30.5 Å². The zero-order valence-electron chi connectivity index (χ0n) is 10.7. The van der Waals surface area contributed by atoms with Crippen molar-refractivity contribution in [2.75, 3.05) is 11.4 Å². The molecule has 0 aliphatic carbocycles. The summed E-state index contributed by atoms with van der Waals surface area (Å²) >= 11 is 0. The molecule has 6 nitrogen and oxygen atoms in total. The molecule has 1 aliphatic rings. The van der Waals surface area contributed by atoms with Crippen LogP contribution in [0.3, 0.4) is 0 Å². The number of nitrogens with zero attached hydrogens (tertiary/aromatic N) is 2. The molecular formula is C13H14N2O4. The number of carbonyl (C=O) groups is 3. The standard InChI is InChI=1S/C13H14N2O4/c1-8-3-5-10(6-4-8)15-9(2)12(18)14(13(15)19)7-11(16)17/h3-6,9H,7H2,1-2H3,(H,16,17). The van der Waals surface area contributed by atoms with Gasteiger partial charge in [0.2, 0.25) is 0 Å². The SMILES string of the molecule is Cc1ccc(N2C(=O)N(CC(=O)O)C(=O)C2C)cc1. The highest BCUT2D eigenvalue weighted by Crippen LogP contribution is 2.25. The van der Waals surface area contributed by atoms with Gasteiger partial charge in [0.05, 0.1) is 0 Å². The molecule has 1 atom stereocenters. The highest BCUT2D eigenvalue weighted by molar-refractivity contribution is 6.15. The largest absolute Gasteiger partial charge is 0.480 e. The van der Waals surface area contributed by atoms with Crippen LogP contribution in [0.15, 0.2) is 24.3 Å². The van der Waals surface area contributed by atoms with E-state index in [-0.39, 0.29) is 0 Å². The minimum Gasteiger partial charge on any atom is -0.480 e. The molecule has 1 unspecified atom stereocenters. The molecule has 1 heterocycles. The summed E-state index contributed by atoms with van der Waals surface area (Å²) in [6.45, 7) is 2.90. The summed E-state index contributed by atoms with van der Waals surface area (Å²) in [6, 6.07) is 5.86. The second-order valence-corrected chi connectivity index (χ2v) is 4.48. The van der Waals surface area contributed by atoms with Gasteiger partial charge in [0.15, 0.2) is 0 Å². The molecule has 0 spiro atoms. The molecule has 0 saturated carbocycles. The van der Waals surface area contributed by atoms with Crippen molar-refractivity contribution in [3.63, 3.8) is 0 Å². The molecular weight excluding hydrogens is 248 g/mol. The number of urea groups is 1. The van der Waals surface area contributed by atoms with E-state index in [1.54, 1.807) is 19.1 Å². The summed E-state index contributed by atoms with van der Waals surface area (Å²) in [5, 5.41) is 8.72. The Balaban J connectivity index is 2.32. The first-order chi connectivity index (χ1) is 8.91. The Kier molecular flexibility index (Phi) is 3.25. The normalized spacial score (nSPS) is 19.2. The average molecular weight is 262 g/mol. The van der Waals surface area contributed by atoms with Gasteiger partial charge in [-0.25, -0.2) is 4.79 Å². The first-order valence-corrected chi connectivity index (χ1v) is 5.85. The van der Waals surface area contributed by atoms with Gasteiger partial charge < -0.3 is 5.11 Å². The number of hydrogen-bond acceptors (Lipinski definition) is 3. The number of aryl methyl sites for hydroxylation is 1. The minimum absolute atomic E-state index is 0.493. The van der Waals surface area contributed by atoms with Crippen LogP contribution in [0.1, 0.15) is 12.5 Å². The number of amides is 3. The van der Waals surface area contributed by atoms with Gasteiger partial charge in [0.1, 0.15) is 12.6 Å². The van der Waals surface area contributed by atoms with Crippen LogP contribution in [0.2, 0.25) is 0 Å². The zero-order valence-corrected chi connectivity index (χ0v) is 10.7. The van der Waals surface area contributed by atoms with Gasteiger partial charge in [-0.3, -0.25) is 19.4 Å². The van der Waals surface area contributed by atoms with Crippen molar-refractivity contribution in [3.05, 3.63) is 29.8 Å². The Morgan fingerprint density at radius 2 is 1.84 bits per heavy atom. The third-order valence-corrected chi connectivity index (χ3v) is 3.05. The number of carboxylic acids is 1. The lowest BCUT2D eigenvalue weighted by Crippen LogP contribution is -2.36. The van der Waals surface area contributed by atoms with Crippen LogP contribution in [0.4, 0.5) is 10.5 Å². The Morgan fingerprint density at radius 1 is 1.26 bits per heavy atom. The second kappa shape index (κ2) is 4.72. The molecule has 1 saturated heterocycles. The maximum absolute atomic E-state index is 12.1. The van der Waals surface area contributed by atoms with E-state index in [2.05, 4.69) is 0 Å². The van der Waals surface area contributed by atoms with Crippen LogP contribution < -0.4 is 4.90 Å². The Morgan fingerprint density at radius 3 is 2.37 bits per heavy atom. The summed E-state index contributed by atoms with van der Waals surface area (Å²) < 4.78 is 0. The van der Waals surface area contributed by atoms with E-state index >= 15 is 0 Å². The predicted molar refractivity (Wildman–Crippen MR) is 67.9 cm³/mol. The topological polar surface area (TPSA) is 77.9 Å². The third-order valence-electron chi connectivity index (χ3n) is 3.05. The molecule has 1 aliphatic heterocycles. The molecule has 1 aromatic rings. The van der Waals surface area contributed by atoms with Gasteiger partial charge in [0, 0.05) is 5.69 Å². The lowest BCUT2D eigenvalue weighted by Gasteiger charge is -2.19. The predicted octanol–water partition coefficient (Wildman–Crippen LogP) is 1.24. The van der Waals surface area contributed by atoms with Crippen molar-refractivity contribution < 1.29 is 19.5 Å². The summed E-state index contributed by atoms with van der Waals surface area (Å²) in [6.07, 6.45) is 0. The number of hydrogen-bond donors (Lipinski definition) is 1. The summed E-state index contributed by atoms with van der Waals surface area (Å²) in [5.41, 5.74) is 1.63. The van der Waals surface area contributed by atoms with Gasteiger partial charge in [-0.05, 0) is 26.0 Å². The average Bonchev–Trinajstić information content (AvgIpc) is 2.55. The van der Waals surface area contributed by atoms with Crippen molar-refractivity contribution in [1.82, 2.24) is 4.90 Å². The van der Waals surface area contributed by atoms with E-state index in [9.17, 15) is 14.4 Å². The second-order valence-electron chi connectivity index (χ2n) is 4.48. The number of aliphatic carboxylic acids is 1. The molecule has 1 aromatic carbocycles. The van der Waals surface area contributed by atoms with E-state index in [0.29, 0.717) is 5.69 Å². The van der Waals surface area contributed by atoms with Crippen LogP contribution in [0.5, 0.6) is 0 Å². The van der Waals surface area contributed by atoms with Crippen LogP contribution in [0, 0.1) is 6.92 Å². The van der Waals surface area contributed by atoms with E-state index in [4.69, 9.17) is 5.11 Å². The number of benzene rings is 1. The summed E-state index contributed by atoms with van der Waals surface area (Å²) in [5.74, 6) is -1.70. The quantitative estimate of drug-likeness (QED) is 0.831. The fourth-order valence-corrected chi connectivity index (χ4v) is 2.05. The maximum atomic E-state index is 12.1. The number of anilines is 1. The number of imide groups is 1.